The lowest BCUT2D eigenvalue weighted by Crippen LogP contribution is -2.40. The predicted molar refractivity (Wildman–Crippen MR) is 110 cm³/mol. The molecule has 0 atom stereocenters. The normalized spacial score (nSPS) is 11.7. The van der Waals surface area contributed by atoms with Crippen molar-refractivity contribution in [3.8, 4) is 0 Å². The van der Waals surface area contributed by atoms with Gasteiger partial charge in [-0.3, -0.25) is 4.99 Å². The van der Waals surface area contributed by atoms with E-state index in [1.165, 1.54) is 0 Å². The Balaban J connectivity index is 0.00000338. The molecule has 0 saturated heterocycles. The number of aromatic nitrogens is 1. The Morgan fingerprint density at radius 3 is 2.50 bits per heavy atom. The summed E-state index contributed by atoms with van der Waals surface area (Å²) in [6.45, 7) is 1.58. The van der Waals surface area contributed by atoms with E-state index in [2.05, 4.69) is 25.5 Å². The van der Waals surface area contributed by atoms with Crippen molar-refractivity contribution in [2.24, 2.45) is 4.99 Å². The van der Waals surface area contributed by atoms with Gasteiger partial charge in [-0.2, -0.15) is 13.2 Å². The fourth-order valence-electron chi connectivity index (χ4n) is 2.06. The zero-order valence-electron chi connectivity index (χ0n) is 14.4. The van der Waals surface area contributed by atoms with Crippen molar-refractivity contribution in [3.05, 3.63) is 46.4 Å². The number of nitrogens with one attached hydrogen (secondary N) is 2. The maximum atomic E-state index is 12.5. The van der Waals surface area contributed by atoms with E-state index in [-0.39, 0.29) is 30.5 Å². The quantitative estimate of drug-likeness (QED) is 0.363. The Kier molecular flexibility index (Phi) is 9.13. The molecular weight excluding hydrogens is 478 g/mol. The molecule has 1 heterocycles. The van der Waals surface area contributed by atoms with E-state index >= 15 is 0 Å². The number of guanidine groups is 1. The van der Waals surface area contributed by atoms with Crippen LogP contribution in [0.5, 0.6) is 0 Å². The van der Waals surface area contributed by atoms with Crippen LogP contribution >= 0.6 is 35.3 Å². The van der Waals surface area contributed by atoms with Crippen LogP contribution in [0.4, 0.5) is 18.9 Å². The summed E-state index contributed by atoms with van der Waals surface area (Å²) in [5, 5.41) is 7.47. The molecule has 10 heteroatoms. The molecule has 0 aliphatic carbocycles. The van der Waals surface area contributed by atoms with Crippen LogP contribution < -0.4 is 15.5 Å². The first-order valence-electron chi connectivity index (χ1n) is 7.62. The molecule has 5 nitrogen and oxygen atoms in total. The van der Waals surface area contributed by atoms with Gasteiger partial charge in [-0.1, -0.05) is 18.2 Å². The number of halogens is 4. The summed E-state index contributed by atoms with van der Waals surface area (Å²) in [5.41, 5.74) is 0.247. The van der Waals surface area contributed by atoms with Gasteiger partial charge in [0.2, 0.25) is 0 Å². The van der Waals surface area contributed by atoms with Crippen LogP contribution in [0.3, 0.4) is 0 Å². The molecule has 1 aromatic carbocycles. The number of aliphatic imine (C=N–C) groups is 1. The molecule has 26 heavy (non-hydrogen) atoms. The molecule has 0 spiro atoms. The molecule has 0 amide bonds. The van der Waals surface area contributed by atoms with E-state index in [4.69, 9.17) is 0 Å². The average molecular weight is 499 g/mol. The molecule has 1 aromatic heterocycles. The molecule has 144 valence electrons. The van der Waals surface area contributed by atoms with E-state index < -0.39 is 11.9 Å². The van der Waals surface area contributed by atoms with E-state index in [9.17, 15) is 13.2 Å². The highest BCUT2D eigenvalue weighted by atomic mass is 127. The van der Waals surface area contributed by atoms with Gasteiger partial charge >= 0.3 is 6.18 Å². The molecule has 0 unspecified atom stereocenters. The van der Waals surface area contributed by atoms with E-state index in [0.717, 1.165) is 28.9 Å². The highest BCUT2D eigenvalue weighted by molar-refractivity contribution is 14.0. The summed E-state index contributed by atoms with van der Waals surface area (Å²) < 4.78 is 37.6. The summed E-state index contributed by atoms with van der Waals surface area (Å²) in [6, 6.07) is 9.96. The van der Waals surface area contributed by atoms with Crippen LogP contribution in [0.15, 0.2) is 40.7 Å². The minimum Gasteiger partial charge on any atom is -0.373 e. The number of hydrogen-bond donors (Lipinski definition) is 2. The van der Waals surface area contributed by atoms with Crippen LogP contribution in [0, 0.1) is 0 Å². The van der Waals surface area contributed by atoms with Crippen LogP contribution in [0.1, 0.15) is 10.7 Å². The summed E-state index contributed by atoms with van der Waals surface area (Å²) in [4.78, 5) is 9.73. The second-order valence-electron chi connectivity index (χ2n) is 5.23. The molecular formula is C16H21F3IN5S. The first kappa shape index (κ1) is 22.5. The second kappa shape index (κ2) is 10.6. The highest BCUT2D eigenvalue weighted by Gasteiger charge is 2.33. The van der Waals surface area contributed by atoms with Crippen LogP contribution in [0.2, 0.25) is 0 Å². The van der Waals surface area contributed by atoms with Gasteiger partial charge in [-0.15, -0.1) is 35.3 Å². The van der Waals surface area contributed by atoms with Gasteiger partial charge in [-0.05, 0) is 12.1 Å². The third-order valence-electron chi connectivity index (χ3n) is 3.41. The Labute approximate surface area is 171 Å². The van der Waals surface area contributed by atoms with E-state index in [0.29, 0.717) is 17.5 Å². The third kappa shape index (κ3) is 6.98. The first-order valence-corrected chi connectivity index (χ1v) is 8.50. The fourth-order valence-corrected chi connectivity index (χ4v) is 2.80. The molecule has 0 radical (unpaired) electrons. The number of rotatable bonds is 6. The van der Waals surface area contributed by atoms with Gasteiger partial charge < -0.3 is 15.5 Å². The third-order valence-corrected chi connectivity index (χ3v) is 4.26. The molecule has 0 aliphatic heterocycles. The lowest BCUT2D eigenvalue weighted by molar-refractivity contribution is -0.140. The average Bonchev–Trinajstić information content (AvgIpc) is 3.08. The largest absolute Gasteiger partial charge is 0.434 e. The maximum absolute atomic E-state index is 12.5. The number of thiazole rings is 1. The van der Waals surface area contributed by atoms with Crippen molar-refractivity contribution < 1.29 is 13.2 Å². The number of benzene rings is 1. The lowest BCUT2D eigenvalue weighted by atomic mass is 10.3. The monoisotopic (exact) mass is 499 g/mol. The second-order valence-corrected chi connectivity index (χ2v) is 6.18. The summed E-state index contributed by atoms with van der Waals surface area (Å²) in [5.74, 6) is 0.519. The summed E-state index contributed by atoms with van der Waals surface area (Å²) in [6.07, 6.45) is -4.41. The van der Waals surface area contributed by atoms with Gasteiger partial charge in [0.15, 0.2) is 11.7 Å². The zero-order chi connectivity index (χ0) is 18.3. The summed E-state index contributed by atoms with van der Waals surface area (Å²) >= 11 is 0.970. The lowest BCUT2D eigenvalue weighted by Gasteiger charge is -2.20. The smallest absolute Gasteiger partial charge is 0.373 e. The molecule has 2 aromatic rings. The van der Waals surface area contributed by atoms with Crippen molar-refractivity contribution in [1.29, 1.82) is 0 Å². The van der Waals surface area contributed by atoms with Crippen molar-refractivity contribution in [2.45, 2.75) is 12.7 Å². The van der Waals surface area contributed by atoms with Crippen molar-refractivity contribution >= 4 is 47.0 Å². The van der Waals surface area contributed by atoms with Crippen LogP contribution in [-0.4, -0.2) is 38.1 Å². The molecule has 0 saturated carbocycles. The van der Waals surface area contributed by atoms with Gasteiger partial charge in [-0.25, -0.2) is 4.98 Å². The number of nitrogens with zero attached hydrogens (tertiary/aromatic N) is 3. The molecule has 2 N–H and O–H groups in total. The van der Waals surface area contributed by atoms with Crippen molar-refractivity contribution in [3.63, 3.8) is 0 Å². The molecule has 0 fully saturated rings. The molecule has 0 aliphatic rings. The minimum absolute atomic E-state index is 0. The predicted octanol–water partition coefficient (Wildman–Crippen LogP) is 3.58. The number of para-hydroxylation sites is 1. The van der Waals surface area contributed by atoms with Gasteiger partial charge in [0, 0.05) is 38.3 Å². The van der Waals surface area contributed by atoms with Crippen LogP contribution in [-0.2, 0) is 12.7 Å². The Morgan fingerprint density at radius 2 is 1.92 bits per heavy atom. The van der Waals surface area contributed by atoms with Crippen molar-refractivity contribution in [1.82, 2.24) is 15.6 Å². The standard InChI is InChI=1S/C16H20F3N5S.HI/c1-20-15(21-8-9-24(2)12-6-4-3-5-7-12)22-10-14-23-13(11-25-14)16(17,18)19;/h3-7,11H,8-10H2,1-2H3,(H2,20,21,22);1H. The Hall–Kier alpha value is -1.56. The number of alkyl halides is 3. The molecule has 0 bridgehead atoms. The Morgan fingerprint density at radius 1 is 1.23 bits per heavy atom. The summed E-state index contributed by atoms with van der Waals surface area (Å²) in [7, 11) is 3.60. The maximum Gasteiger partial charge on any atom is 0.434 e. The Bertz CT molecular complexity index is 691. The highest BCUT2D eigenvalue weighted by Crippen LogP contribution is 2.29. The molecule has 2 rings (SSSR count). The van der Waals surface area contributed by atoms with Gasteiger partial charge in [0.1, 0.15) is 5.01 Å². The zero-order valence-corrected chi connectivity index (χ0v) is 17.5. The SMILES string of the molecule is CN=C(NCCN(C)c1ccccc1)NCc1nc(C(F)(F)F)cs1.I. The van der Waals surface area contributed by atoms with E-state index in [1.807, 2.05) is 37.4 Å². The van der Waals surface area contributed by atoms with Crippen LogP contribution in [0.25, 0.3) is 0 Å². The van der Waals surface area contributed by atoms with Gasteiger partial charge in [0.05, 0.1) is 6.54 Å². The number of hydrogen-bond acceptors (Lipinski definition) is 4. The number of anilines is 1. The fraction of sp³-hybridized carbons (Fsp3) is 0.375. The number of likely N-dealkylation sites (N-methyl/N-ethyl adjacent to an activating group) is 1. The minimum atomic E-state index is -4.41. The topological polar surface area (TPSA) is 52.6 Å². The first-order chi connectivity index (χ1) is 11.9. The van der Waals surface area contributed by atoms with E-state index in [1.54, 1.807) is 7.05 Å². The van der Waals surface area contributed by atoms with Crippen molar-refractivity contribution in [2.75, 3.05) is 32.1 Å². The van der Waals surface area contributed by atoms with Gasteiger partial charge in [0.25, 0.3) is 0 Å².